The molecule has 0 N–H and O–H groups in total. The van der Waals surface area contributed by atoms with E-state index in [-0.39, 0.29) is 0 Å². The molecule has 194 valence electrons. The molecule has 0 saturated heterocycles. The van der Waals surface area contributed by atoms with Gasteiger partial charge >= 0.3 is 5.63 Å². The highest BCUT2D eigenvalue weighted by Gasteiger charge is 2.17. The lowest BCUT2D eigenvalue weighted by Crippen LogP contribution is -2.02. The zero-order valence-corrected chi connectivity index (χ0v) is 22.4. The Bertz CT molecular complexity index is 2190. The number of thiazole rings is 1. The summed E-state index contributed by atoms with van der Waals surface area (Å²) in [6, 6.07) is 35.6. The molecule has 7 aromatic rings. The SMILES string of the molecule is N#C/C(=C\c1cn(-c2ccccc2)nc1-c1cccc2ccccc12)c1nc(-c2cc3ccccc3oc2=O)cs1. The molecule has 0 aliphatic carbocycles. The first kappa shape index (κ1) is 24.5. The number of hydrogen-bond donors (Lipinski definition) is 0. The molecule has 0 atom stereocenters. The molecule has 3 heterocycles. The molecule has 0 bridgehead atoms. The Kier molecular flexibility index (Phi) is 6.08. The molecule has 7 heteroatoms. The third-order valence-electron chi connectivity index (χ3n) is 6.88. The number of rotatable bonds is 5. The Morgan fingerprint density at radius 2 is 1.63 bits per heavy atom. The summed E-state index contributed by atoms with van der Waals surface area (Å²) in [6.45, 7) is 0. The molecule has 0 amide bonds. The van der Waals surface area contributed by atoms with Gasteiger partial charge in [0.15, 0.2) is 0 Å². The number of hydrogen-bond acceptors (Lipinski definition) is 6. The van der Waals surface area contributed by atoms with Gasteiger partial charge in [-0.2, -0.15) is 10.4 Å². The first-order valence-corrected chi connectivity index (χ1v) is 13.8. The zero-order chi connectivity index (χ0) is 27.8. The second-order valence-corrected chi connectivity index (χ2v) is 10.3. The largest absolute Gasteiger partial charge is 0.422 e. The second kappa shape index (κ2) is 10.2. The number of benzene rings is 4. The van der Waals surface area contributed by atoms with Gasteiger partial charge < -0.3 is 4.42 Å². The van der Waals surface area contributed by atoms with Gasteiger partial charge in [0, 0.05) is 28.1 Å². The van der Waals surface area contributed by atoms with Crippen LogP contribution in [0.1, 0.15) is 10.6 Å². The van der Waals surface area contributed by atoms with Gasteiger partial charge in [-0.05, 0) is 41.1 Å². The molecule has 0 unspecified atom stereocenters. The van der Waals surface area contributed by atoms with Gasteiger partial charge in [-0.1, -0.05) is 78.9 Å². The van der Waals surface area contributed by atoms with Crippen molar-refractivity contribution in [3.05, 3.63) is 136 Å². The molecule has 0 fully saturated rings. The lowest BCUT2D eigenvalue weighted by Gasteiger charge is -2.05. The first-order chi connectivity index (χ1) is 20.2. The minimum atomic E-state index is -0.467. The van der Waals surface area contributed by atoms with Crippen LogP contribution in [0.2, 0.25) is 0 Å². The molecule has 0 radical (unpaired) electrons. The minimum Gasteiger partial charge on any atom is -0.422 e. The first-order valence-electron chi connectivity index (χ1n) is 12.9. The fraction of sp³-hybridized carbons (Fsp3) is 0. The van der Waals surface area contributed by atoms with E-state index in [1.54, 1.807) is 17.5 Å². The quantitative estimate of drug-likeness (QED) is 0.161. The van der Waals surface area contributed by atoms with E-state index >= 15 is 0 Å². The van der Waals surface area contributed by atoms with E-state index in [9.17, 15) is 10.1 Å². The van der Waals surface area contributed by atoms with Crippen molar-refractivity contribution >= 4 is 44.7 Å². The summed E-state index contributed by atoms with van der Waals surface area (Å²) in [5.41, 5.74) is 4.67. The maximum Gasteiger partial charge on any atom is 0.345 e. The highest BCUT2D eigenvalue weighted by molar-refractivity contribution is 7.11. The summed E-state index contributed by atoms with van der Waals surface area (Å²) in [6.07, 6.45) is 3.74. The Morgan fingerprint density at radius 3 is 2.49 bits per heavy atom. The maximum absolute atomic E-state index is 12.7. The highest BCUT2D eigenvalue weighted by Crippen LogP contribution is 2.34. The lowest BCUT2D eigenvalue weighted by atomic mass is 9.99. The Balaban J connectivity index is 1.36. The number of allylic oxidation sites excluding steroid dienone is 1. The summed E-state index contributed by atoms with van der Waals surface area (Å²) >= 11 is 1.31. The number of nitrogens with zero attached hydrogens (tertiary/aromatic N) is 4. The Hall–Kier alpha value is -5.58. The van der Waals surface area contributed by atoms with Gasteiger partial charge in [0.25, 0.3) is 0 Å². The number of aromatic nitrogens is 3. The molecule has 0 saturated carbocycles. The molecular formula is C34H20N4O2S. The van der Waals surface area contributed by atoms with Crippen molar-refractivity contribution in [3.8, 4) is 34.3 Å². The normalized spacial score (nSPS) is 11.6. The van der Waals surface area contributed by atoms with Crippen molar-refractivity contribution in [2.24, 2.45) is 0 Å². The van der Waals surface area contributed by atoms with Crippen LogP contribution < -0.4 is 5.63 Å². The molecule has 0 spiro atoms. The van der Waals surface area contributed by atoms with Crippen molar-refractivity contribution in [2.45, 2.75) is 0 Å². The Labute approximate surface area is 238 Å². The van der Waals surface area contributed by atoms with Gasteiger partial charge in [-0.3, -0.25) is 0 Å². The molecule has 0 aliphatic rings. The fourth-order valence-electron chi connectivity index (χ4n) is 4.91. The third-order valence-corrected chi connectivity index (χ3v) is 7.76. The average Bonchev–Trinajstić information content (AvgIpc) is 3.67. The van der Waals surface area contributed by atoms with Gasteiger partial charge in [0.1, 0.15) is 22.4 Å². The van der Waals surface area contributed by atoms with Crippen LogP contribution in [0.5, 0.6) is 0 Å². The second-order valence-electron chi connectivity index (χ2n) is 9.43. The molecule has 3 aromatic heterocycles. The number of nitriles is 1. The van der Waals surface area contributed by atoms with Crippen LogP contribution in [-0.4, -0.2) is 14.8 Å². The number of fused-ring (bicyclic) bond motifs is 2. The van der Waals surface area contributed by atoms with Gasteiger partial charge in [0.2, 0.25) is 0 Å². The van der Waals surface area contributed by atoms with Crippen molar-refractivity contribution in [2.75, 3.05) is 0 Å². The predicted molar refractivity (Wildman–Crippen MR) is 164 cm³/mol. The maximum atomic E-state index is 12.7. The molecule has 6 nitrogen and oxygen atoms in total. The average molecular weight is 549 g/mol. The lowest BCUT2D eigenvalue weighted by molar-refractivity contribution is 0.563. The van der Waals surface area contributed by atoms with Crippen LogP contribution in [0.15, 0.2) is 124 Å². The van der Waals surface area contributed by atoms with Crippen LogP contribution in [0, 0.1) is 11.3 Å². The van der Waals surface area contributed by atoms with Crippen LogP contribution in [0.25, 0.3) is 61.6 Å². The summed E-state index contributed by atoms with van der Waals surface area (Å²) in [5.74, 6) is 0. The van der Waals surface area contributed by atoms with E-state index in [4.69, 9.17) is 9.52 Å². The van der Waals surface area contributed by atoms with Gasteiger partial charge in [-0.15, -0.1) is 11.3 Å². The monoisotopic (exact) mass is 548 g/mol. The molecule has 0 aliphatic heterocycles. The third kappa shape index (κ3) is 4.52. The van der Waals surface area contributed by atoms with Crippen molar-refractivity contribution in [1.29, 1.82) is 5.26 Å². The molecule has 4 aromatic carbocycles. The summed E-state index contributed by atoms with van der Waals surface area (Å²) < 4.78 is 7.33. The fourth-order valence-corrected chi connectivity index (χ4v) is 5.69. The molecule has 41 heavy (non-hydrogen) atoms. The minimum absolute atomic E-state index is 0.358. The van der Waals surface area contributed by atoms with E-state index in [0.29, 0.717) is 27.4 Å². The van der Waals surface area contributed by atoms with E-state index in [2.05, 4.69) is 29.3 Å². The van der Waals surface area contributed by atoms with Crippen LogP contribution in [0.4, 0.5) is 0 Å². The van der Waals surface area contributed by atoms with E-state index in [1.807, 2.05) is 89.8 Å². The molecule has 7 rings (SSSR count). The Morgan fingerprint density at radius 1 is 0.878 bits per heavy atom. The summed E-state index contributed by atoms with van der Waals surface area (Å²) in [4.78, 5) is 17.4. The van der Waals surface area contributed by atoms with Gasteiger partial charge in [-0.25, -0.2) is 14.5 Å². The smallest absolute Gasteiger partial charge is 0.345 e. The van der Waals surface area contributed by atoms with Crippen LogP contribution in [0.3, 0.4) is 0 Å². The van der Waals surface area contributed by atoms with Crippen molar-refractivity contribution < 1.29 is 4.42 Å². The number of para-hydroxylation sites is 2. The standard InChI is InChI=1S/C34H20N4O2S/c35-19-24(33-36-30(21-41-33)29-18-23-10-5-7-16-31(23)40-34(29)39)17-25-20-38(26-12-2-1-3-13-26)37-32(25)28-15-8-11-22-9-4-6-14-27(22)28/h1-18,20-21H/b24-17+. The zero-order valence-electron chi connectivity index (χ0n) is 21.6. The van der Waals surface area contributed by atoms with Crippen LogP contribution >= 0.6 is 11.3 Å². The van der Waals surface area contributed by atoms with E-state index < -0.39 is 5.63 Å². The van der Waals surface area contributed by atoms with Crippen molar-refractivity contribution in [3.63, 3.8) is 0 Å². The van der Waals surface area contributed by atoms with E-state index in [0.717, 1.165) is 38.7 Å². The highest BCUT2D eigenvalue weighted by atomic mass is 32.1. The van der Waals surface area contributed by atoms with Crippen LogP contribution in [-0.2, 0) is 0 Å². The summed E-state index contributed by atoms with van der Waals surface area (Å²) in [7, 11) is 0. The summed E-state index contributed by atoms with van der Waals surface area (Å²) in [5, 5.41) is 20.4. The predicted octanol–water partition coefficient (Wildman–Crippen LogP) is 7.99. The van der Waals surface area contributed by atoms with E-state index in [1.165, 1.54) is 11.3 Å². The topological polar surface area (TPSA) is 84.7 Å². The molecular weight excluding hydrogens is 528 g/mol. The van der Waals surface area contributed by atoms with Gasteiger partial charge in [0.05, 0.1) is 22.5 Å². The van der Waals surface area contributed by atoms with Crippen molar-refractivity contribution in [1.82, 2.24) is 14.8 Å².